The second-order valence-corrected chi connectivity index (χ2v) is 3.26. The number of nitrogens with zero attached hydrogens (tertiary/aromatic N) is 1. The van der Waals surface area contributed by atoms with Crippen LogP contribution in [0.1, 0.15) is 17.7 Å². The zero-order valence-corrected chi connectivity index (χ0v) is 7.18. The summed E-state index contributed by atoms with van der Waals surface area (Å²) >= 11 is 1.71. The Kier molecular flexibility index (Phi) is 3.69. The van der Waals surface area contributed by atoms with Gasteiger partial charge in [0.2, 0.25) is 0 Å². The quantitative estimate of drug-likeness (QED) is 0.698. The molecule has 0 radical (unpaired) electrons. The van der Waals surface area contributed by atoms with E-state index in [0.717, 1.165) is 19.3 Å². The van der Waals surface area contributed by atoms with Crippen molar-refractivity contribution in [2.24, 2.45) is 5.73 Å². The van der Waals surface area contributed by atoms with Crippen LogP contribution >= 0.6 is 11.3 Å². The van der Waals surface area contributed by atoms with E-state index in [0.29, 0.717) is 0 Å². The van der Waals surface area contributed by atoms with Crippen molar-refractivity contribution in [3.05, 3.63) is 28.9 Å². The summed E-state index contributed by atoms with van der Waals surface area (Å²) in [5, 5.41) is 0. The molecule has 2 nitrogen and oxygen atoms in total. The maximum atomic E-state index is 5.20. The zero-order chi connectivity index (χ0) is 7.94. The highest BCUT2D eigenvalue weighted by Gasteiger charge is 1.91. The highest BCUT2D eigenvalue weighted by atomic mass is 32.1. The minimum atomic E-state index is 1.06. The third-order valence-corrected chi connectivity index (χ3v) is 2.25. The maximum absolute atomic E-state index is 5.20. The van der Waals surface area contributed by atoms with E-state index in [1.54, 1.807) is 17.5 Å². The average molecular weight is 168 g/mol. The van der Waals surface area contributed by atoms with Gasteiger partial charge in [-0.05, 0) is 25.5 Å². The predicted molar refractivity (Wildman–Crippen MR) is 48.4 cm³/mol. The van der Waals surface area contributed by atoms with Crippen LogP contribution in [-0.2, 0) is 6.42 Å². The summed E-state index contributed by atoms with van der Waals surface area (Å²) < 4.78 is 0. The van der Waals surface area contributed by atoms with Crippen LogP contribution < -0.4 is 5.73 Å². The van der Waals surface area contributed by atoms with Gasteiger partial charge in [0.05, 0.1) is 5.51 Å². The molecule has 2 N–H and O–H groups in total. The Balaban J connectivity index is 2.14. The molecule has 3 heteroatoms. The monoisotopic (exact) mass is 168 g/mol. The highest BCUT2D eigenvalue weighted by molar-refractivity contribution is 7.09. The molecule has 0 aliphatic rings. The molecule has 0 unspecified atom stereocenters. The fourth-order valence-electron chi connectivity index (χ4n) is 0.856. The molecule has 0 fully saturated rings. The van der Waals surface area contributed by atoms with E-state index < -0.39 is 0 Å². The molecule has 11 heavy (non-hydrogen) atoms. The van der Waals surface area contributed by atoms with E-state index >= 15 is 0 Å². The van der Waals surface area contributed by atoms with E-state index in [1.165, 1.54) is 4.88 Å². The highest BCUT2D eigenvalue weighted by Crippen LogP contribution is 2.09. The smallest absolute Gasteiger partial charge is 0.0794 e. The van der Waals surface area contributed by atoms with E-state index in [9.17, 15) is 0 Å². The molecule has 1 aromatic heterocycles. The Morgan fingerprint density at radius 1 is 1.64 bits per heavy atom. The van der Waals surface area contributed by atoms with Crippen LogP contribution in [0, 0.1) is 0 Å². The third kappa shape index (κ3) is 3.18. The van der Waals surface area contributed by atoms with E-state index in [2.05, 4.69) is 4.98 Å². The van der Waals surface area contributed by atoms with Gasteiger partial charge in [-0.2, -0.15) is 0 Å². The summed E-state index contributed by atoms with van der Waals surface area (Å²) in [6.45, 7) is 0. The number of hydrogen-bond acceptors (Lipinski definition) is 3. The molecular formula is C8H12N2S. The van der Waals surface area contributed by atoms with E-state index in [-0.39, 0.29) is 0 Å². The Bertz CT molecular complexity index is 204. The summed E-state index contributed by atoms with van der Waals surface area (Å²) in [6, 6.07) is 0. The molecule has 60 valence electrons. The molecule has 0 aliphatic carbocycles. The summed E-state index contributed by atoms with van der Waals surface area (Å²) in [5.74, 6) is 0. The van der Waals surface area contributed by atoms with Crippen LogP contribution in [0.3, 0.4) is 0 Å². The van der Waals surface area contributed by atoms with Crippen molar-refractivity contribution in [1.82, 2.24) is 4.98 Å². The van der Waals surface area contributed by atoms with Crippen molar-refractivity contribution in [1.29, 1.82) is 0 Å². The van der Waals surface area contributed by atoms with Crippen molar-refractivity contribution in [3.8, 4) is 0 Å². The SMILES string of the molecule is N/C=C/CCCc1cncs1. The summed E-state index contributed by atoms with van der Waals surface area (Å²) in [6.07, 6.45) is 8.86. The van der Waals surface area contributed by atoms with Crippen LogP contribution in [0.2, 0.25) is 0 Å². The van der Waals surface area contributed by atoms with Gasteiger partial charge in [0.1, 0.15) is 0 Å². The second kappa shape index (κ2) is 4.91. The minimum absolute atomic E-state index is 1.06. The van der Waals surface area contributed by atoms with Gasteiger partial charge in [0, 0.05) is 11.1 Å². The van der Waals surface area contributed by atoms with Crippen molar-refractivity contribution in [2.75, 3.05) is 0 Å². The number of nitrogens with two attached hydrogens (primary N) is 1. The number of allylic oxidation sites excluding steroid dienone is 1. The number of thiazole rings is 1. The molecule has 0 spiro atoms. The number of aromatic nitrogens is 1. The summed E-state index contributed by atoms with van der Waals surface area (Å²) in [5.41, 5.74) is 7.07. The number of rotatable bonds is 4. The summed E-state index contributed by atoms with van der Waals surface area (Å²) in [4.78, 5) is 5.35. The van der Waals surface area contributed by atoms with Gasteiger partial charge in [-0.3, -0.25) is 4.98 Å². The Morgan fingerprint density at radius 2 is 2.55 bits per heavy atom. The van der Waals surface area contributed by atoms with Crippen molar-refractivity contribution in [3.63, 3.8) is 0 Å². The maximum Gasteiger partial charge on any atom is 0.0794 e. The molecule has 0 saturated heterocycles. The van der Waals surface area contributed by atoms with E-state index in [4.69, 9.17) is 5.73 Å². The summed E-state index contributed by atoms with van der Waals surface area (Å²) in [7, 11) is 0. The van der Waals surface area contributed by atoms with Gasteiger partial charge >= 0.3 is 0 Å². The lowest BCUT2D eigenvalue weighted by Gasteiger charge is -1.91. The largest absolute Gasteiger partial charge is 0.405 e. The molecule has 0 atom stereocenters. The first-order valence-electron chi connectivity index (χ1n) is 3.67. The van der Waals surface area contributed by atoms with Crippen LogP contribution in [0.5, 0.6) is 0 Å². The Hall–Kier alpha value is -0.830. The average Bonchev–Trinajstić information content (AvgIpc) is 2.50. The molecule has 1 rings (SSSR count). The number of hydrogen-bond donors (Lipinski definition) is 1. The van der Waals surface area contributed by atoms with Crippen molar-refractivity contribution < 1.29 is 0 Å². The van der Waals surface area contributed by atoms with Crippen LogP contribution in [0.25, 0.3) is 0 Å². The van der Waals surface area contributed by atoms with Gasteiger partial charge in [0.25, 0.3) is 0 Å². The molecule has 1 aromatic rings. The van der Waals surface area contributed by atoms with Gasteiger partial charge < -0.3 is 5.73 Å². The Labute approximate surface area is 70.8 Å². The molecular weight excluding hydrogens is 156 g/mol. The van der Waals surface area contributed by atoms with Gasteiger partial charge in [0.15, 0.2) is 0 Å². The molecule has 0 saturated carbocycles. The number of aryl methyl sites for hydroxylation is 1. The van der Waals surface area contributed by atoms with Gasteiger partial charge in [-0.25, -0.2) is 0 Å². The lowest BCUT2D eigenvalue weighted by Crippen LogP contribution is -1.80. The lowest BCUT2D eigenvalue weighted by molar-refractivity contribution is 0.851. The van der Waals surface area contributed by atoms with Crippen molar-refractivity contribution in [2.45, 2.75) is 19.3 Å². The molecule has 0 amide bonds. The molecule has 0 aromatic carbocycles. The standard InChI is InChI=1S/C8H12N2S/c9-5-3-1-2-4-8-6-10-7-11-8/h3,5-7H,1-2,4,9H2/b5-3+. The minimum Gasteiger partial charge on any atom is -0.405 e. The van der Waals surface area contributed by atoms with Gasteiger partial charge in [-0.15, -0.1) is 11.3 Å². The third-order valence-electron chi connectivity index (χ3n) is 1.41. The van der Waals surface area contributed by atoms with E-state index in [1.807, 2.05) is 17.8 Å². The lowest BCUT2D eigenvalue weighted by atomic mass is 10.2. The Morgan fingerprint density at radius 3 is 3.18 bits per heavy atom. The fraction of sp³-hybridized carbons (Fsp3) is 0.375. The van der Waals surface area contributed by atoms with Crippen LogP contribution in [0.15, 0.2) is 24.0 Å². The zero-order valence-electron chi connectivity index (χ0n) is 6.36. The molecule has 1 heterocycles. The van der Waals surface area contributed by atoms with Crippen molar-refractivity contribution >= 4 is 11.3 Å². The first-order chi connectivity index (χ1) is 5.43. The van der Waals surface area contributed by atoms with Crippen LogP contribution in [-0.4, -0.2) is 4.98 Å². The van der Waals surface area contributed by atoms with Gasteiger partial charge in [-0.1, -0.05) is 6.08 Å². The molecule has 0 aliphatic heterocycles. The fourth-order valence-corrected chi connectivity index (χ4v) is 1.50. The van der Waals surface area contributed by atoms with Crippen LogP contribution in [0.4, 0.5) is 0 Å². The number of unbranched alkanes of at least 4 members (excludes halogenated alkanes) is 1. The first-order valence-corrected chi connectivity index (χ1v) is 4.55. The first kappa shape index (κ1) is 8.27. The second-order valence-electron chi connectivity index (χ2n) is 2.29. The topological polar surface area (TPSA) is 38.9 Å². The normalized spacial score (nSPS) is 10.9. The predicted octanol–water partition coefficient (Wildman–Crippen LogP) is 1.94. The molecule has 0 bridgehead atoms.